The molecule has 3 rings (SSSR count). The zero-order valence-corrected chi connectivity index (χ0v) is 14.9. The quantitative estimate of drug-likeness (QED) is 0.864. The zero-order chi connectivity index (χ0) is 16.2. The second-order valence-electron chi connectivity index (χ2n) is 6.93. The Balaban J connectivity index is 1.53. The van der Waals surface area contributed by atoms with Crippen molar-refractivity contribution in [1.29, 1.82) is 0 Å². The molecule has 6 heteroatoms. The number of hydrogen-bond acceptors (Lipinski definition) is 5. The fourth-order valence-electron chi connectivity index (χ4n) is 3.40. The smallest absolute Gasteiger partial charge is 0.263 e. The topological polar surface area (TPSA) is 63.2 Å². The molecule has 2 N–H and O–H groups in total. The highest BCUT2D eigenvalue weighted by molar-refractivity contribution is 7.13. The number of ether oxygens (including phenoxy) is 1. The lowest BCUT2D eigenvalue weighted by molar-refractivity contribution is 0.0853. The second kappa shape index (κ2) is 7.73. The van der Waals surface area contributed by atoms with E-state index in [0.717, 1.165) is 48.1 Å². The monoisotopic (exact) mass is 337 g/mol. The van der Waals surface area contributed by atoms with E-state index in [-0.39, 0.29) is 12.0 Å². The van der Waals surface area contributed by atoms with Gasteiger partial charge in [0.1, 0.15) is 4.88 Å². The third-order valence-corrected chi connectivity index (χ3v) is 5.92. The van der Waals surface area contributed by atoms with Crippen molar-refractivity contribution in [2.75, 3.05) is 26.2 Å². The largest absolute Gasteiger partial charge is 0.376 e. The predicted octanol–water partition coefficient (Wildman–Crippen LogP) is 2.15. The fraction of sp³-hybridized carbons (Fsp3) is 0.765. The second-order valence-corrected chi connectivity index (χ2v) is 8.01. The molecule has 2 fully saturated rings. The molecule has 23 heavy (non-hydrogen) atoms. The van der Waals surface area contributed by atoms with Gasteiger partial charge < -0.3 is 15.4 Å². The Bertz CT molecular complexity index is 540. The van der Waals surface area contributed by atoms with Gasteiger partial charge in [0, 0.05) is 19.6 Å². The molecule has 2 aliphatic heterocycles. The van der Waals surface area contributed by atoms with Crippen LogP contribution in [0.25, 0.3) is 0 Å². The van der Waals surface area contributed by atoms with Gasteiger partial charge in [-0.2, -0.15) is 0 Å². The molecular weight excluding hydrogens is 310 g/mol. The summed E-state index contributed by atoms with van der Waals surface area (Å²) in [5, 5.41) is 7.51. The highest BCUT2D eigenvalue weighted by atomic mass is 32.1. The number of aromatic nitrogens is 1. The lowest BCUT2D eigenvalue weighted by atomic mass is 9.95. The van der Waals surface area contributed by atoms with Gasteiger partial charge in [-0.05, 0) is 51.1 Å². The van der Waals surface area contributed by atoms with Crippen LogP contribution in [0.5, 0.6) is 0 Å². The van der Waals surface area contributed by atoms with Crippen LogP contribution in [-0.4, -0.2) is 43.2 Å². The van der Waals surface area contributed by atoms with Crippen LogP contribution in [0.4, 0.5) is 0 Å². The molecule has 1 aromatic heterocycles. The maximum absolute atomic E-state index is 12.4. The number of rotatable bonds is 5. The standard InChI is InChI=1S/C17H27N3O2S/c1-11-7-14(22-10-11)9-19-17(21)16-12(2)20-15(23-16)8-13-3-5-18-6-4-13/h11,13-14,18H,3-10H2,1-2H3,(H,19,21). The molecule has 2 aliphatic rings. The van der Waals surface area contributed by atoms with Crippen LogP contribution in [0.2, 0.25) is 0 Å². The minimum Gasteiger partial charge on any atom is -0.376 e. The van der Waals surface area contributed by atoms with Crippen molar-refractivity contribution in [2.24, 2.45) is 11.8 Å². The van der Waals surface area contributed by atoms with E-state index in [1.54, 1.807) is 11.3 Å². The lowest BCUT2D eigenvalue weighted by Gasteiger charge is -2.21. The van der Waals surface area contributed by atoms with E-state index in [1.165, 1.54) is 12.8 Å². The molecule has 2 atom stereocenters. The summed E-state index contributed by atoms with van der Waals surface area (Å²) in [6, 6.07) is 0. The van der Waals surface area contributed by atoms with Gasteiger partial charge in [-0.15, -0.1) is 11.3 Å². The first-order chi connectivity index (χ1) is 11.1. The van der Waals surface area contributed by atoms with Gasteiger partial charge in [-0.25, -0.2) is 4.98 Å². The van der Waals surface area contributed by atoms with E-state index in [4.69, 9.17) is 4.74 Å². The first-order valence-electron chi connectivity index (χ1n) is 8.68. The highest BCUT2D eigenvalue weighted by Gasteiger charge is 2.24. The average molecular weight is 337 g/mol. The molecule has 0 radical (unpaired) electrons. The van der Waals surface area contributed by atoms with Crippen molar-refractivity contribution < 1.29 is 9.53 Å². The first-order valence-corrected chi connectivity index (χ1v) is 9.50. The fourth-order valence-corrected chi connectivity index (χ4v) is 4.49. The van der Waals surface area contributed by atoms with Crippen molar-refractivity contribution >= 4 is 17.2 Å². The third-order valence-electron chi connectivity index (χ3n) is 4.74. The summed E-state index contributed by atoms with van der Waals surface area (Å²) < 4.78 is 5.65. The van der Waals surface area contributed by atoms with Crippen LogP contribution in [0.15, 0.2) is 0 Å². The van der Waals surface area contributed by atoms with E-state index >= 15 is 0 Å². The minimum atomic E-state index is -0.000265. The molecule has 0 aromatic carbocycles. The van der Waals surface area contributed by atoms with Crippen LogP contribution >= 0.6 is 11.3 Å². The Hall–Kier alpha value is -0.980. The Labute approximate surface area is 142 Å². The number of aryl methyl sites for hydroxylation is 1. The number of piperidine rings is 1. The van der Waals surface area contributed by atoms with Crippen LogP contribution in [-0.2, 0) is 11.2 Å². The summed E-state index contributed by atoms with van der Waals surface area (Å²) in [6.45, 7) is 7.72. The maximum atomic E-state index is 12.4. The van der Waals surface area contributed by atoms with Crippen molar-refractivity contribution in [2.45, 2.75) is 45.6 Å². The SMILES string of the molecule is Cc1nc(CC2CCNCC2)sc1C(=O)NCC1CC(C)CO1. The molecule has 0 spiro atoms. The minimum absolute atomic E-state index is 0.000265. The van der Waals surface area contributed by atoms with Crippen molar-refractivity contribution in [3.05, 3.63) is 15.6 Å². The van der Waals surface area contributed by atoms with Crippen molar-refractivity contribution in [1.82, 2.24) is 15.6 Å². The third kappa shape index (κ3) is 4.52. The molecular formula is C17H27N3O2S. The molecule has 2 unspecified atom stereocenters. The average Bonchev–Trinajstić information content (AvgIpc) is 3.12. The Kier molecular flexibility index (Phi) is 5.67. The van der Waals surface area contributed by atoms with Crippen molar-refractivity contribution in [3.8, 4) is 0 Å². The predicted molar refractivity (Wildman–Crippen MR) is 92.0 cm³/mol. The Morgan fingerprint density at radius 2 is 2.22 bits per heavy atom. The Morgan fingerprint density at radius 1 is 1.43 bits per heavy atom. The number of carbonyl (C=O) groups excluding carboxylic acids is 1. The van der Waals surface area contributed by atoms with Gasteiger partial charge in [0.2, 0.25) is 0 Å². The van der Waals surface area contributed by atoms with Crippen LogP contribution in [0.1, 0.15) is 46.6 Å². The number of hydrogen-bond donors (Lipinski definition) is 2. The summed E-state index contributed by atoms with van der Waals surface area (Å²) in [6.07, 6.45) is 4.61. The summed E-state index contributed by atoms with van der Waals surface area (Å²) in [7, 11) is 0. The van der Waals surface area contributed by atoms with Gasteiger partial charge in [-0.1, -0.05) is 6.92 Å². The van der Waals surface area contributed by atoms with Crippen molar-refractivity contribution in [3.63, 3.8) is 0 Å². The van der Waals surface area contributed by atoms with Crippen LogP contribution in [0.3, 0.4) is 0 Å². The number of nitrogens with one attached hydrogen (secondary N) is 2. The summed E-state index contributed by atoms with van der Waals surface area (Å²) in [5.41, 5.74) is 0.858. The number of carbonyl (C=O) groups is 1. The first kappa shape index (κ1) is 16.9. The molecule has 1 aromatic rings. The maximum Gasteiger partial charge on any atom is 0.263 e. The van der Waals surface area contributed by atoms with Gasteiger partial charge in [0.05, 0.1) is 16.8 Å². The molecule has 0 saturated carbocycles. The molecule has 2 saturated heterocycles. The summed E-state index contributed by atoms with van der Waals surface area (Å²) >= 11 is 1.56. The van der Waals surface area contributed by atoms with E-state index in [2.05, 4.69) is 22.5 Å². The molecule has 0 aliphatic carbocycles. The molecule has 1 amide bonds. The number of amides is 1. The van der Waals surface area contributed by atoms with E-state index < -0.39 is 0 Å². The number of nitrogens with zero attached hydrogens (tertiary/aromatic N) is 1. The highest BCUT2D eigenvalue weighted by Crippen LogP contribution is 2.24. The van der Waals surface area contributed by atoms with E-state index in [9.17, 15) is 4.79 Å². The molecule has 5 nitrogen and oxygen atoms in total. The van der Waals surface area contributed by atoms with Gasteiger partial charge >= 0.3 is 0 Å². The van der Waals surface area contributed by atoms with Crippen LogP contribution < -0.4 is 10.6 Å². The van der Waals surface area contributed by atoms with Gasteiger partial charge in [0.15, 0.2) is 0 Å². The van der Waals surface area contributed by atoms with E-state index in [1.807, 2.05) is 6.92 Å². The molecule has 128 valence electrons. The van der Waals surface area contributed by atoms with Crippen LogP contribution in [0, 0.1) is 18.8 Å². The summed E-state index contributed by atoms with van der Waals surface area (Å²) in [5.74, 6) is 1.30. The van der Waals surface area contributed by atoms with E-state index in [0.29, 0.717) is 18.4 Å². The Morgan fingerprint density at radius 3 is 2.91 bits per heavy atom. The number of thiazole rings is 1. The lowest BCUT2D eigenvalue weighted by Crippen LogP contribution is -2.31. The van der Waals surface area contributed by atoms with Gasteiger partial charge in [0.25, 0.3) is 5.91 Å². The van der Waals surface area contributed by atoms with Gasteiger partial charge in [-0.3, -0.25) is 4.79 Å². The molecule has 0 bridgehead atoms. The zero-order valence-electron chi connectivity index (χ0n) is 14.1. The normalized spacial score (nSPS) is 25.7. The molecule has 3 heterocycles. The summed E-state index contributed by atoms with van der Waals surface area (Å²) in [4.78, 5) is 17.8.